The molecule has 0 amide bonds. The lowest BCUT2D eigenvalue weighted by molar-refractivity contribution is -0.137. The van der Waals surface area contributed by atoms with Crippen LogP contribution in [-0.2, 0) is 14.3 Å². The molecular formula is C15H23NO5S. The number of carboxylic acids is 1. The van der Waals surface area contributed by atoms with Crippen molar-refractivity contribution in [2.75, 3.05) is 47.1 Å². The Morgan fingerprint density at radius 2 is 1.91 bits per heavy atom. The van der Waals surface area contributed by atoms with Gasteiger partial charge < -0.3 is 14.6 Å². The second-order valence-corrected chi connectivity index (χ2v) is 5.87. The van der Waals surface area contributed by atoms with Gasteiger partial charge in [0.2, 0.25) is 0 Å². The zero-order valence-corrected chi connectivity index (χ0v) is 13.8. The zero-order valence-electron chi connectivity index (χ0n) is 13.0. The van der Waals surface area contributed by atoms with Crippen LogP contribution in [0.4, 0.5) is 0 Å². The average molecular weight is 329 g/mol. The highest BCUT2D eigenvalue weighted by Gasteiger charge is 2.26. The van der Waals surface area contributed by atoms with E-state index in [1.165, 1.54) is 11.3 Å². The Kier molecular flexibility index (Phi) is 8.91. The third-order valence-corrected chi connectivity index (χ3v) is 4.14. The van der Waals surface area contributed by atoms with E-state index in [-0.39, 0.29) is 12.2 Å². The molecule has 0 saturated heterocycles. The quantitative estimate of drug-likeness (QED) is 0.587. The zero-order chi connectivity index (χ0) is 16.4. The number of hydrogen-bond donors (Lipinski definition) is 1. The number of Topliss-reactive ketones (excluding diaryl/α,β-unsaturated/α-hetero) is 1. The van der Waals surface area contributed by atoms with Gasteiger partial charge in [0.15, 0.2) is 5.78 Å². The maximum absolute atomic E-state index is 12.5. The number of ether oxygens (including phenoxy) is 2. The molecule has 0 radical (unpaired) electrons. The van der Waals surface area contributed by atoms with E-state index in [9.17, 15) is 9.59 Å². The highest BCUT2D eigenvalue weighted by molar-refractivity contribution is 7.12. The first-order valence-electron chi connectivity index (χ1n) is 7.08. The molecule has 1 rings (SSSR count). The predicted octanol–water partition coefficient (Wildman–Crippen LogP) is 1.62. The first-order valence-corrected chi connectivity index (χ1v) is 7.96. The Labute approximate surface area is 134 Å². The molecule has 1 unspecified atom stereocenters. The van der Waals surface area contributed by atoms with Crippen LogP contribution in [0.25, 0.3) is 0 Å². The third kappa shape index (κ3) is 6.65. The maximum Gasteiger partial charge on any atom is 0.304 e. The van der Waals surface area contributed by atoms with Gasteiger partial charge in [0.25, 0.3) is 0 Å². The van der Waals surface area contributed by atoms with E-state index in [0.29, 0.717) is 37.7 Å². The minimum absolute atomic E-state index is 0.114. The fourth-order valence-electron chi connectivity index (χ4n) is 2.12. The monoisotopic (exact) mass is 329 g/mol. The summed E-state index contributed by atoms with van der Waals surface area (Å²) in [5, 5.41) is 10.9. The van der Waals surface area contributed by atoms with E-state index in [4.69, 9.17) is 14.6 Å². The molecule has 0 aliphatic heterocycles. The Morgan fingerprint density at radius 3 is 2.36 bits per heavy atom. The van der Waals surface area contributed by atoms with Crippen LogP contribution >= 0.6 is 11.3 Å². The molecule has 0 aromatic carbocycles. The molecule has 0 aliphatic carbocycles. The van der Waals surface area contributed by atoms with E-state index in [1.54, 1.807) is 26.4 Å². The predicted molar refractivity (Wildman–Crippen MR) is 84.6 cm³/mol. The Hall–Kier alpha value is -1.28. The number of ketones is 1. The molecule has 1 aromatic rings. The lowest BCUT2D eigenvalue weighted by Crippen LogP contribution is -2.38. The molecule has 1 atom stereocenters. The van der Waals surface area contributed by atoms with Gasteiger partial charge in [-0.05, 0) is 11.4 Å². The Bertz CT molecular complexity index is 441. The van der Waals surface area contributed by atoms with E-state index < -0.39 is 11.9 Å². The average Bonchev–Trinajstić information content (AvgIpc) is 3.02. The van der Waals surface area contributed by atoms with Crippen LogP contribution in [0, 0.1) is 5.92 Å². The first kappa shape index (κ1) is 18.8. The molecule has 22 heavy (non-hydrogen) atoms. The summed E-state index contributed by atoms with van der Waals surface area (Å²) in [5.74, 6) is -1.64. The van der Waals surface area contributed by atoms with Gasteiger partial charge in [-0.3, -0.25) is 14.5 Å². The molecule has 0 saturated carbocycles. The smallest absolute Gasteiger partial charge is 0.304 e. The second-order valence-electron chi connectivity index (χ2n) is 4.92. The third-order valence-electron chi connectivity index (χ3n) is 3.26. The SMILES string of the molecule is COCCN(CCOC)CC(CC(=O)O)C(=O)c1cccs1. The summed E-state index contributed by atoms with van der Waals surface area (Å²) in [7, 11) is 3.22. The normalized spacial score (nSPS) is 12.5. The van der Waals surface area contributed by atoms with Gasteiger partial charge in [0.05, 0.1) is 24.5 Å². The van der Waals surface area contributed by atoms with Gasteiger partial charge in [0, 0.05) is 39.8 Å². The standard InChI is InChI=1S/C15H23NO5S/c1-20-7-5-16(6-8-21-2)11-12(10-14(17)18)15(19)13-4-3-9-22-13/h3-4,9,12H,5-8,10-11H2,1-2H3,(H,17,18). The highest BCUT2D eigenvalue weighted by atomic mass is 32.1. The topological polar surface area (TPSA) is 76.1 Å². The minimum Gasteiger partial charge on any atom is -0.481 e. The van der Waals surface area contributed by atoms with Crippen LogP contribution in [0.3, 0.4) is 0 Å². The van der Waals surface area contributed by atoms with Crippen LogP contribution in [0.2, 0.25) is 0 Å². The number of methoxy groups -OCH3 is 2. The summed E-state index contributed by atoms with van der Waals surface area (Å²) in [6.07, 6.45) is -0.173. The van der Waals surface area contributed by atoms with Crippen molar-refractivity contribution in [3.05, 3.63) is 22.4 Å². The van der Waals surface area contributed by atoms with Gasteiger partial charge in [-0.1, -0.05) is 6.07 Å². The summed E-state index contributed by atoms with van der Waals surface area (Å²) >= 11 is 1.34. The first-order chi connectivity index (χ1) is 10.6. The molecule has 0 spiro atoms. The van der Waals surface area contributed by atoms with Crippen LogP contribution < -0.4 is 0 Å². The van der Waals surface area contributed by atoms with Gasteiger partial charge in [0.1, 0.15) is 0 Å². The van der Waals surface area contributed by atoms with E-state index in [0.717, 1.165) is 0 Å². The fraction of sp³-hybridized carbons (Fsp3) is 0.600. The van der Waals surface area contributed by atoms with Crippen molar-refractivity contribution in [2.45, 2.75) is 6.42 Å². The molecule has 1 N–H and O–H groups in total. The molecule has 7 heteroatoms. The molecule has 0 aliphatic rings. The van der Waals surface area contributed by atoms with Crippen LogP contribution in [0.1, 0.15) is 16.1 Å². The summed E-state index contributed by atoms with van der Waals surface area (Å²) < 4.78 is 10.1. The van der Waals surface area contributed by atoms with Crippen LogP contribution in [0.15, 0.2) is 17.5 Å². The molecule has 124 valence electrons. The number of carbonyl (C=O) groups is 2. The van der Waals surface area contributed by atoms with E-state index >= 15 is 0 Å². The number of thiophene rings is 1. The molecule has 0 fully saturated rings. The minimum atomic E-state index is -0.965. The largest absolute Gasteiger partial charge is 0.481 e. The molecule has 6 nitrogen and oxygen atoms in total. The van der Waals surface area contributed by atoms with Gasteiger partial charge in [-0.25, -0.2) is 0 Å². The fourth-order valence-corrected chi connectivity index (χ4v) is 2.86. The van der Waals surface area contributed by atoms with Crippen molar-refractivity contribution in [3.63, 3.8) is 0 Å². The summed E-state index contributed by atoms with van der Waals surface area (Å²) in [5.41, 5.74) is 0. The molecular weight excluding hydrogens is 306 g/mol. The van der Waals surface area contributed by atoms with Crippen LogP contribution in [-0.4, -0.2) is 68.8 Å². The number of nitrogens with zero attached hydrogens (tertiary/aromatic N) is 1. The van der Waals surface area contributed by atoms with Crippen molar-refractivity contribution >= 4 is 23.1 Å². The number of aliphatic carboxylic acids is 1. The van der Waals surface area contributed by atoms with E-state index in [1.807, 2.05) is 10.3 Å². The van der Waals surface area contributed by atoms with Gasteiger partial charge in [-0.2, -0.15) is 0 Å². The van der Waals surface area contributed by atoms with Crippen molar-refractivity contribution in [3.8, 4) is 0 Å². The van der Waals surface area contributed by atoms with Gasteiger partial charge in [-0.15, -0.1) is 11.3 Å². The van der Waals surface area contributed by atoms with Crippen molar-refractivity contribution in [1.82, 2.24) is 4.90 Å². The van der Waals surface area contributed by atoms with Gasteiger partial charge >= 0.3 is 5.97 Å². The second kappa shape index (κ2) is 10.4. The van der Waals surface area contributed by atoms with Crippen molar-refractivity contribution < 1.29 is 24.2 Å². The lowest BCUT2D eigenvalue weighted by atomic mass is 9.98. The summed E-state index contributed by atoms with van der Waals surface area (Å²) in [4.78, 5) is 26.2. The van der Waals surface area contributed by atoms with Crippen LogP contribution in [0.5, 0.6) is 0 Å². The summed E-state index contributed by atoms with van der Waals surface area (Å²) in [6, 6.07) is 3.53. The number of hydrogen-bond acceptors (Lipinski definition) is 6. The number of carbonyl (C=O) groups excluding carboxylic acids is 1. The van der Waals surface area contributed by atoms with Crippen molar-refractivity contribution in [1.29, 1.82) is 0 Å². The van der Waals surface area contributed by atoms with Crippen molar-refractivity contribution in [2.24, 2.45) is 5.92 Å². The molecule has 1 aromatic heterocycles. The lowest BCUT2D eigenvalue weighted by Gasteiger charge is -2.25. The number of rotatable bonds is 12. The van der Waals surface area contributed by atoms with E-state index in [2.05, 4.69) is 0 Å². The highest BCUT2D eigenvalue weighted by Crippen LogP contribution is 2.18. The molecule has 0 bridgehead atoms. The Balaban J connectivity index is 2.75. The maximum atomic E-state index is 12.5. The molecule has 1 heterocycles. The Morgan fingerprint density at radius 1 is 1.27 bits per heavy atom. The summed E-state index contributed by atoms with van der Waals surface area (Å²) in [6.45, 7) is 2.70. The number of carboxylic acid groups (broad SMARTS) is 1.